The van der Waals surface area contributed by atoms with Gasteiger partial charge in [0, 0.05) is 52.4 Å². The molecule has 0 atom stereocenters. The number of H-pyrrole nitrogens is 1. The predicted molar refractivity (Wildman–Crippen MR) is 111 cm³/mol. The fourth-order valence-electron chi connectivity index (χ4n) is 2.91. The second-order valence-electron chi connectivity index (χ2n) is 6.24. The summed E-state index contributed by atoms with van der Waals surface area (Å²) >= 11 is 3.28. The summed E-state index contributed by atoms with van der Waals surface area (Å²) in [5.41, 5.74) is 5.35. The summed E-state index contributed by atoms with van der Waals surface area (Å²) in [7, 11) is 0. The Labute approximate surface area is 172 Å². The van der Waals surface area contributed by atoms with Crippen LogP contribution >= 0.6 is 35.5 Å². The van der Waals surface area contributed by atoms with Gasteiger partial charge in [-0.15, -0.1) is 23.7 Å². The SMILES string of the molecule is Cc1csc(Sc2ccc(NC(=O)c3n[nH]c4c3CNCC4)c(C)c2)n1.Cl. The number of carbonyl (C=O) groups excluding carboxylic acids is 1. The minimum atomic E-state index is -0.176. The van der Waals surface area contributed by atoms with E-state index in [1.54, 1.807) is 23.1 Å². The van der Waals surface area contributed by atoms with E-state index in [-0.39, 0.29) is 18.3 Å². The summed E-state index contributed by atoms with van der Waals surface area (Å²) in [6.07, 6.45) is 0.872. The van der Waals surface area contributed by atoms with E-state index >= 15 is 0 Å². The lowest BCUT2D eigenvalue weighted by molar-refractivity contribution is 0.102. The van der Waals surface area contributed by atoms with Crippen molar-refractivity contribution in [3.05, 3.63) is 51.8 Å². The van der Waals surface area contributed by atoms with Gasteiger partial charge in [0.1, 0.15) is 0 Å². The number of aryl methyl sites for hydroxylation is 2. The Kier molecular flexibility index (Phi) is 6.21. The van der Waals surface area contributed by atoms with E-state index < -0.39 is 0 Å². The van der Waals surface area contributed by atoms with Crippen LogP contribution in [-0.2, 0) is 13.0 Å². The zero-order chi connectivity index (χ0) is 18.1. The fourth-order valence-corrected chi connectivity index (χ4v) is 4.82. The zero-order valence-electron chi connectivity index (χ0n) is 15.0. The quantitative estimate of drug-likeness (QED) is 0.594. The lowest BCUT2D eigenvalue weighted by atomic mass is 10.1. The first-order chi connectivity index (χ1) is 12.6. The van der Waals surface area contributed by atoms with Gasteiger partial charge < -0.3 is 10.6 Å². The molecular weight excluding hydrogens is 402 g/mol. The third-order valence-electron chi connectivity index (χ3n) is 4.27. The van der Waals surface area contributed by atoms with Crippen LogP contribution < -0.4 is 10.6 Å². The highest BCUT2D eigenvalue weighted by molar-refractivity contribution is 8.01. The summed E-state index contributed by atoms with van der Waals surface area (Å²) < 4.78 is 1.02. The Morgan fingerprint density at radius 3 is 2.93 bits per heavy atom. The topological polar surface area (TPSA) is 82.7 Å². The first-order valence-corrected chi connectivity index (χ1v) is 10.1. The van der Waals surface area contributed by atoms with Crippen molar-refractivity contribution in [2.75, 3.05) is 11.9 Å². The first kappa shape index (κ1) is 19.9. The van der Waals surface area contributed by atoms with Gasteiger partial charge in [-0.3, -0.25) is 9.89 Å². The second kappa shape index (κ2) is 8.43. The molecule has 0 spiro atoms. The number of amides is 1. The maximum atomic E-state index is 12.6. The van der Waals surface area contributed by atoms with Crippen LogP contribution in [0, 0.1) is 13.8 Å². The number of nitrogens with one attached hydrogen (secondary N) is 3. The van der Waals surface area contributed by atoms with Crippen molar-refractivity contribution in [1.29, 1.82) is 0 Å². The van der Waals surface area contributed by atoms with Crippen molar-refractivity contribution in [1.82, 2.24) is 20.5 Å². The first-order valence-electron chi connectivity index (χ1n) is 8.39. The number of fused-ring (bicyclic) bond motifs is 1. The van der Waals surface area contributed by atoms with E-state index in [1.807, 2.05) is 31.4 Å². The number of halogens is 1. The molecule has 3 heterocycles. The summed E-state index contributed by atoms with van der Waals surface area (Å²) in [5.74, 6) is -0.176. The molecule has 1 amide bonds. The van der Waals surface area contributed by atoms with E-state index in [9.17, 15) is 4.79 Å². The molecule has 1 aromatic carbocycles. The number of aromatic amines is 1. The van der Waals surface area contributed by atoms with Gasteiger partial charge >= 0.3 is 0 Å². The van der Waals surface area contributed by atoms with Gasteiger partial charge in [0.25, 0.3) is 5.91 Å². The maximum absolute atomic E-state index is 12.6. The van der Waals surface area contributed by atoms with Crippen molar-refractivity contribution < 1.29 is 4.79 Å². The molecule has 9 heteroatoms. The number of aromatic nitrogens is 3. The Hall–Kier alpha value is -1.87. The molecule has 1 aliphatic heterocycles. The van der Waals surface area contributed by atoms with Crippen LogP contribution in [0.5, 0.6) is 0 Å². The summed E-state index contributed by atoms with van der Waals surface area (Å²) in [6.45, 7) is 5.57. The summed E-state index contributed by atoms with van der Waals surface area (Å²) in [5, 5.41) is 15.5. The van der Waals surface area contributed by atoms with Gasteiger partial charge in [-0.05, 0) is 37.6 Å². The zero-order valence-corrected chi connectivity index (χ0v) is 17.4. The number of nitrogens with zero attached hydrogens (tertiary/aromatic N) is 2. The van der Waals surface area contributed by atoms with Crippen LogP contribution in [0.4, 0.5) is 5.69 Å². The van der Waals surface area contributed by atoms with Gasteiger partial charge in [-0.1, -0.05) is 11.8 Å². The van der Waals surface area contributed by atoms with Crippen molar-refractivity contribution in [3.63, 3.8) is 0 Å². The van der Waals surface area contributed by atoms with E-state index in [2.05, 4.69) is 31.9 Å². The third kappa shape index (κ3) is 4.35. The maximum Gasteiger partial charge on any atom is 0.276 e. The number of hydrogen-bond donors (Lipinski definition) is 3. The average Bonchev–Trinajstić information content (AvgIpc) is 3.23. The Balaban J connectivity index is 0.00000210. The van der Waals surface area contributed by atoms with Crippen molar-refractivity contribution in [2.45, 2.75) is 36.0 Å². The minimum absolute atomic E-state index is 0. The van der Waals surface area contributed by atoms with Crippen LogP contribution in [-0.4, -0.2) is 27.6 Å². The number of carbonyl (C=O) groups is 1. The lowest BCUT2D eigenvalue weighted by Gasteiger charge is -2.13. The molecule has 142 valence electrons. The van der Waals surface area contributed by atoms with Gasteiger partial charge in [-0.2, -0.15) is 5.10 Å². The van der Waals surface area contributed by atoms with Crippen molar-refractivity contribution in [2.24, 2.45) is 0 Å². The molecule has 0 aliphatic carbocycles. The Morgan fingerprint density at radius 1 is 1.33 bits per heavy atom. The molecule has 0 saturated carbocycles. The molecule has 0 bridgehead atoms. The van der Waals surface area contributed by atoms with E-state index in [0.717, 1.165) is 50.4 Å². The van der Waals surface area contributed by atoms with Gasteiger partial charge in [0.05, 0.1) is 0 Å². The Bertz CT molecular complexity index is 969. The third-order valence-corrected chi connectivity index (χ3v) is 6.32. The highest BCUT2D eigenvalue weighted by Gasteiger charge is 2.22. The van der Waals surface area contributed by atoms with Crippen molar-refractivity contribution in [3.8, 4) is 0 Å². The number of rotatable bonds is 4. The predicted octanol–water partition coefficient (Wildman–Crippen LogP) is 3.95. The van der Waals surface area contributed by atoms with Gasteiger partial charge in [-0.25, -0.2) is 4.98 Å². The average molecular weight is 422 g/mol. The van der Waals surface area contributed by atoms with Crippen LogP contribution in [0.2, 0.25) is 0 Å². The monoisotopic (exact) mass is 421 g/mol. The van der Waals surface area contributed by atoms with Crippen LogP contribution in [0.25, 0.3) is 0 Å². The minimum Gasteiger partial charge on any atom is -0.320 e. The molecule has 6 nitrogen and oxygen atoms in total. The summed E-state index contributed by atoms with van der Waals surface area (Å²) in [6, 6.07) is 6.01. The second-order valence-corrected chi connectivity index (χ2v) is 8.42. The Morgan fingerprint density at radius 2 is 2.19 bits per heavy atom. The lowest BCUT2D eigenvalue weighted by Crippen LogP contribution is -2.25. The number of thiazole rings is 1. The number of benzene rings is 1. The molecule has 0 saturated heterocycles. The highest BCUT2D eigenvalue weighted by Crippen LogP contribution is 2.32. The molecule has 1 aliphatic rings. The van der Waals surface area contributed by atoms with Crippen LogP contribution in [0.15, 0.2) is 32.8 Å². The summed E-state index contributed by atoms with van der Waals surface area (Å²) in [4.78, 5) is 18.2. The number of hydrogen-bond acceptors (Lipinski definition) is 6. The highest BCUT2D eigenvalue weighted by atomic mass is 35.5. The largest absolute Gasteiger partial charge is 0.320 e. The molecule has 3 N–H and O–H groups in total. The molecule has 4 rings (SSSR count). The number of anilines is 1. The standard InChI is InChI=1S/C18H19N5OS2.ClH/c1-10-7-12(26-18-20-11(2)9-25-18)3-4-14(10)21-17(24)16-13-8-19-6-5-15(13)22-23-16;/h3-4,7,9,19H,5-6,8H2,1-2H3,(H,21,24)(H,22,23);1H. The van der Waals surface area contributed by atoms with Gasteiger partial charge in [0.15, 0.2) is 10.0 Å². The van der Waals surface area contributed by atoms with E-state index in [1.165, 1.54) is 0 Å². The smallest absolute Gasteiger partial charge is 0.276 e. The van der Waals surface area contributed by atoms with E-state index in [4.69, 9.17) is 0 Å². The van der Waals surface area contributed by atoms with E-state index in [0.29, 0.717) is 12.2 Å². The van der Waals surface area contributed by atoms with Crippen molar-refractivity contribution >= 4 is 47.1 Å². The van der Waals surface area contributed by atoms with Crippen LogP contribution in [0.1, 0.15) is 33.0 Å². The van der Waals surface area contributed by atoms with Crippen LogP contribution in [0.3, 0.4) is 0 Å². The molecule has 0 radical (unpaired) electrons. The molecular formula is C18H20ClN5OS2. The molecule has 2 aromatic heterocycles. The molecule has 3 aromatic rings. The molecule has 27 heavy (non-hydrogen) atoms. The molecule has 0 unspecified atom stereocenters. The van der Waals surface area contributed by atoms with Gasteiger partial charge in [0.2, 0.25) is 0 Å². The normalized spacial score (nSPS) is 13.0. The fraction of sp³-hybridized carbons (Fsp3) is 0.278. The molecule has 0 fully saturated rings.